The molecule has 1 aliphatic rings. The topological polar surface area (TPSA) is 59.3 Å². The lowest BCUT2D eigenvalue weighted by atomic mass is 9.87. The van der Waals surface area contributed by atoms with Gasteiger partial charge in [-0.25, -0.2) is 4.98 Å². The van der Waals surface area contributed by atoms with E-state index in [0.717, 1.165) is 48.6 Å². The second-order valence-corrected chi connectivity index (χ2v) is 7.76. The lowest BCUT2D eigenvalue weighted by molar-refractivity contribution is -0.145. The van der Waals surface area contributed by atoms with Gasteiger partial charge in [-0.15, -0.1) is 0 Å². The fraction of sp³-hybridized carbons (Fsp3) is 0.571. The molecule has 3 atom stereocenters. The van der Waals surface area contributed by atoms with E-state index in [9.17, 15) is 18.3 Å². The SMILES string of the molecule is CNC[C@H]1CC[C@@H](C[C@H](CO)c2cc(-n3ccnc3C(F)(F)F)ccc2OC)C1. The van der Waals surface area contributed by atoms with Crippen LogP contribution in [-0.2, 0) is 6.18 Å². The standard InChI is InChI=1S/C21H28F3N3O2/c1-25-12-15-4-3-14(9-15)10-16(13-28)18-11-17(5-6-19(18)29-2)27-8-7-26-20(27)21(22,23)24/h5-8,11,14-16,25,28H,3-4,9-10,12-13H2,1-2H3/t14-,15+,16-/m1/s1. The zero-order chi connectivity index (χ0) is 21.0. The third-order valence-electron chi connectivity index (χ3n) is 5.81. The molecular formula is C21H28F3N3O2. The summed E-state index contributed by atoms with van der Waals surface area (Å²) in [7, 11) is 3.48. The Morgan fingerprint density at radius 2 is 2.07 bits per heavy atom. The summed E-state index contributed by atoms with van der Waals surface area (Å²) in [5, 5.41) is 13.3. The van der Waals surface area contributed by atoms with Crippen LogP contribution in [0.4, 0.5) is 13.2 Å². The first-order valence-electron chi connectivity index (χ1n) is 9.91. The van der Waals surface area contributed by atoms with Crippen molar-refractivity contribution in [1.29, 1.82) is 0 Å². The molecule has 29 heavy (non-hydrogen) atoms. The smallest absolute Gasteiger partial charge is 0.450 e. The molecule has 1 aliphatic carbocycles. The molecule has 0 saturated heterocycles. The van der Waals surface area contributed by atoms with Gasteiger partial charge < -0.3 is 15.2 Å². The molecule has 160 valence electrons. The number of aromatic nitrogens is 2. The number of benzene rings is 1. The van der Waals surface area contributed by atoms with Crippen molar-refractivity contribution in [2.24, 2.45) is 11.8 Å². The molecule has 1 aromatic heterocycles. The van der Waals surface area contributed by atoms with Crippen LogP contribution in [0.25, 0.3) is 5.69 Å². The van der Waals surface area contributed by atoms with E-state index in [-0.39, 0.29) is 12.5 Å². The van der Waals surface area contributed by atoms with Crippen molar-refractivity contribution in [2.45, 2.75) is 37.8 Å². The number of methoxy groups -OCH3 is 1. The van der Waals surface area contributed by atoms with E-state index in [4.69, 9.17) is 4.74 Å². The maximum absolute atomic E-state index is 13.3. The summed E-state index contributed by atoms with van der Waals surface area (Å²) in [6, 6.07) is 4.91. The lowest BCUT2D eigenvalue weighted by Gasteiger charge is -2.22. The molecule has 8 heteroatoms. The van der Waals surface area contributed by atoms with Crippen molar-refractivity contribution in [2.75, 3.05) is 27.3 Å². The summed E-state index contributed by atoms with van der Waals surface area (Å²) >= 11 is 0. The highest BCUT2D eigenvalue weighted by Crippen LogP contribution is 2.40. The van der Waals surface area contributed by atoms with Crippen LogP contribution in [0, 0.1) is 11.8 Å². The summed E-state index contributed by atoms with van der Waals surface area (Å²) in [5.74, 6) is 0.530. The van der Waals surface area contributed by atoms with Crippen LogP contribution >= 0.6 is 0 Å². The van der Waals surface area contributed by atoms with E-state index in [2.05, 4.69) is 10.3 Å². The van der Waals surface area contributed by atoms with E-state index in [0.29, 0.717) is 23.3 Å². The molecule has 0 amide bonds. The molecule has 1 aromatic carbocycles. The number of aliphatic hydroxyl groups is 1. The average molecular weight is 411 g/mol. The lowest BCUT2D eigenvalue weighted by Crippen LogP contribution is -2.17. The second kappa shape index (κ2) is 9.17. The number of ether oxygens (including phenoxy) is 1. The molecular weight excluding hydrogens is 383 g/mol. The van der Waals surface area contributed by atoms with Gasteiger partial charge in [0.15, 0.2) is 0 Å². The number of nitrogens with one attached hydrogen (secondary N) is 1. The Kier molecular flexibility index (Phi) is 6.85. The summed E-state index contributed by atoms with van der Waals surface area (Å²) < 4.78 is 46.2. The summed E-state index contributed by atoms with van der Waals surface area (Å²) in [5.41, 5.74) is 1.08. The van der Waals surface area contributed by atoms with Crippen LogP contribution in [0.1, 0.15) is 43.0 Å². The number of rotatable bonds is 8. The minimum Gasteiger partial charge on any atom is -0.496 e. The van der Waals surface area contributed by atoms with Gasteiger partial charge in [0.2, 0.25) is 5.82 Å². The fourth-order valence-electron chi connectivity index (χ4n) is 4.48. The van der Waals surface area contributed by atoms with Crippen molar-refractivity contribution in [3.63, 3.8) is 0 Å². The van der Waals surface area contributed by atoms with Crippen molar-refractivity contribution in [1.82, 2.24) is 14.9 Å². The molecule has 0 radical (unpaired) electrons. The van der Waals surface area contributed by atoms with Gasteiger partial charge in [-0.1, -0.05) is 6.42 Å². The predicted molar refractivity (Wildman–Crippen MR) is 104 cm³/mol. The van der Waals surface area contributed by atoms with Crippen LogP contribution < -0.4 is 10.1 Å². The van der Waals surface area contributed by atoms with Gasteiger partial charge in [-0.2, -0.15) is 13.2 Å². The highest BCUT2D eigenvalue weighted by atomic mass is 19.4. The molecule has 0 spiro atoms. The zero-order valence-corrected chi connectivity index (χ0v) is 16.7. The maximum Gasteiger partial charge on any atom is 0.450 e. The molecule has 0 aliphatic heterocycles. The minimum absolute atomic E-state index is 0.0803. The molecule has 5 nitrogen and oxygen atoms in total. The first-order chi connectivity index (χ1) is 13.9. The first-order valence-corrected chi connectivity index (χ1v) is 9.91. The van der Waals surface area contributed by atoms with Gasteiger partial charge in [0.25, 0.3) is 0 Å². The van der Waals surface area contributed by atoms with Crippen molar-refractivity contribution >= 4 is 0 Å². The van der Waals surface area contributed by atoms with Gasteiger partial charge in [0.05, 0.1) is 13.7 Å². The Balaban J connectivity index is 1.87. The zero-order valence-electron chi connectivity index (χ0n) is 16.7. The largest absolute Gasteiger partial charge is 0.496 e. The third-order valence-corrected chi connectivity index (χ3v) is 5.81. The summed E-state index contributed by atoms with van der Waals surface area (Å²) in [6.07, 6.45) is 2.02. The van der Waals surface area contributed by atoms with E-state index < -0.39 is 12.0 Å². The van der Waals surface area contributed by atoms with Crippen LogP contribution in [0.15, 0.2) is 30.6 Å². The van der Waals surface area contributed by atoms with Crippen molar-refractivity contribution < 1.29 is 23.0 Å². The Labute approximate surface area is 168 Å². The molecule has 1 saturated carbocycles. The number of nitrogens with zero attached hydrogens (tertiary/aromatic N) is 2. The maximum atomic E-state index is 13.3. The highest BCUT2D eigenvalue weighted by molar-refractivity contribution is 5.47. The fourth-order valence-corrected chi connectivity index (χ4v) is 4.48. The average Bonchev–Trinajstić information content (AvgIpc) is 3.35. The number of hydrogen-bond acceptors (Lipinski definition) is 4. The van der Waals surface area contributed by atoms with Gasteiger partial charge in [-0.05, 0) is 62.9 Å². The Bertz CT molecular complexity index is 807. The molecule has 0 unspecified atom stereocenters. The number of hydrogen-bond donors (Lipinski definition) is 2. The number of halogens is 3. The van der Waals surface area contributed by atoms with Crippen molar-refractivity contribution in [3.8, 4) is 11.4 Å². The van der Waals surface area contributed by atoms with Crippen LogP contribution in [0.2, 0.25) is 0 Å². The van der Waals surface area contributed by atoms with Crippen LogP contribution in [0.5, 0.6) is 5.75 Å². The second-order valence-electron chi connectivity index (χ2n) is 7.76. The van der Waals surface area contributed by atoms with Gasteiger partial charge >= 0.3 is 6.18 Å². The molecule has 1 fully saturated rings. The van der Waals surface area contributed by atoms with Gasteiger partial charge in [-0.3, -0.25) is 4.57 Å². The number of aliphatic hydroxyl groups excluding tert-OH is 1. The number of alkyl halides is 3. The Morgan fingerprint density at radius 1 is 1.31 bits per heavy atom. The molecule has 3 rings (SSSR count). The summed E-state index contributed by atoms with van der Waals surface area (Å²) in [6.45, 7) is 0.906. The Morgan fingerprint density at radius 3 is 2.72 bits per heavy atom. The normalized spacial score (nSPS) is 20.8. The van der Waals surface area contributed by atoms with E-state index in [1.165, 1.54) is 13.3 Å². The molecule has 2 aromatic rings. The highest BCUT2D eigenvalue weighted by Gasteiger charge is 2.36. The minimum atomic E-state index is -4.55. The molecule has 1 heterocycles. The van der Waals surface area contributed by atoms with E-state index in [1.54, 1.807) is 18.2 Å². The Hall–Kier alpha value is -2.06. The monoisotopic (exact) mass is 411 g/mol. The van der Waals surface area contributed by atoms with E-state index in [1.807, 2.05) is 7.05 Å². The van der Waals surface area contributed by atoms with Crippen LogP contribution in [0.3, 0.4) is 0 Å². The molecule has 2 N–H and O–H groups in total. The quantitative estimate of drug-likeness (QED) is 0.689. The number of imidazole rings is 1. The van der Waals surface area contributed by atoms with Gasteiger partial charge in [0.1, 0.15) is 5.75 Å². The van der Waals surface area contributed by atoms with Gasteiger partial charge in [0, 0.05) is 29.6 Å². The van der Waals surface area contributed by atoms with Crippen LogP contribution in [-0.4, -0.2) is 42.0 Å². The van der Waals surface area contributed by atoms with E-state index >= 15 is 0 Å². The van der Waals surface area contributed by atoms with Crippen molar-refractivity contribution in [3.05, 3.63) is 42.0 Å². The third kappa shape index (κ3) is 4.93. The summed E-state index contributed by atoms with van der Waals surface area (Å²) in [4.78, 5) is 3.46. The first kappa shape index (κ1) is 21.6. The molecule has 0 bridgehead atoms. The predicted octanol–water partition coefficient (Wildman–Crippen LogP) is 4.00.